The summed E-state index contributed by atoms with van der Waals surface area (Å²) in [5.74, 6) is -1.82. The third kappa shape index (κ3) is 22.8. The van der Waals surface area contributed by atoms with Gasteiger partial charge in [0.15, 0.2) is 0 Å². The van der Waals surface area contributed by atoms with Crippen LogP contribution in [0.3, 0.4) is 0 Å². The van der Waals surface area contributed by atoms with Crippen LogP contribution in [0.25, 0.3) is 0 Å². The molecule has 0 saturated heterocycles. The lowest BCUT2D eigenvalue weighted by Gasteiger charge is -2.30. The van der Waals surface area contributed by atoms with Crippen LogP contribution < -0.4 is 0 Å². The Bertz CT molecular complexity index is 620. The fourth-order valence-electron chi connectivity index (χ4n) is 4.77. The molecule has 1 atom stereocenters. The highest BCUT2D eigenvalue weighted by Crippen LogP contribution is 2.14. The van der Waals surface area contributed by atoms with Crippen LogP contribution in [0.15, 0.2) is 0 Å². The van der Waals surface area contributed by atoms with Crippen molar-refractivity contribution in [3.05, 3.63) is 0 Å². The first-order chi connectivity index (χ1) is 18.7. The van der Waals surface area contributed by atoms with Crippen LogP contribution in [0.2, 0.25) is 0 Å². The summed E-state index contributed by atoms with van der Waals surface area (Å²) in [4.78, 5) is 39.9. The molecule has 8 heteroatoms. The maximum Gasteiger partial charge on any atom is 0.323 e. The second-order valence-corrected chi connectivity index (χ2v) is 11.4. The van der Waals surface area contributed by atoms with Crippen molar-refractivity contribution in [3.63, 3.8) is 0 Å². The molecule has 0 heterocycles. The Balaban J connectivity index is 4.71. The van der Waals surface area contributed by atoms with Crippen molar-refractivity contribution in [1.29, 1.82) is 0 Å². The SMILES string of the molecule is CCCCN(CCCC)CCCN(CCC(=O)O)C(CC(=O)O)C(=O)OCCCCCCCCCCC(C)C. The molecule has 0 radical (unpaired) electrons. The maximum absolute atomic E-state index is 12.9. The Morgan fingerprint density at radius 2 is 1.21 bits per heavy atom. The zero-order valence-corrected chi connectivity index (χ0v) is 25.6. The molecular weight excluding hydrogens is 496 g/mol. The molecule has 0 spiro atoms. The first kappa shape index (κ1) is 37.3. The lowest BCUT2D eigenvalue weighted by Crippen LogP contribution is -2.46. The summed E-state index contributed by atoms with van der Waals surface area (Å²) in [5.41, 5.74) is 0. The number of carbonyl (C=O) groups excluding carboxylic acids is 1. The molecule has 8 nitrogen and oxygen atoms in total. The van der Waals surface area contributed by atoms with E-state index in [1.807, 2.05) is 0 Å². The second-order valence-electron chi connectivity index (χ2n) is 11.4. The van der Waals surface area contributed by atoms with Gasteiger partial charge in [0.05, 0.1) is 19.4 Å². The number of unbranched alkanes of at least 4 members (excludes halogenated alkanes) is 9. The first-order valence-corrected chi connectivity index (χ1v) is 15.8. The van der Waals surface area contributed by atoms with Gasteiger partial charge in [-0.15, -0.1) is 0 Å². The Kier molecular flexibility index (Phi) is 24.2. The van der Waals surface area contributed by atoms with Crippen LogP contribution in [0.5, 0.6) is 0 Å². The lowest BCUT2D eigenvalue weighted by atomic mass is 10.0. The van der Waals surface area contributed by atoms with Gasteiger partial charge in [-0.1, -0.05) is 91.9 Å². The molecule has 0 amide bonds. The summed E-state index contributed by atoms with van der Waals surface area (Å²) < 4.78 is 5.51. The zero-order chi connectivity index (χ0) is 29.3. The number of nitrogens with zero attached hydrogens (tertiary/aromatic N) is 2. The molecule has 1 unspecified atom stereocenters. The molecule has 0 aliphatic rings. The fourth-order valence-corrected chi connectivity index (χ4v) is 4.77. The number of aliphatic carboxylic acids is 2. The largest absolute Gasteiger partial charge is 0.481 e. The molecular formula is C31H60N2O6. The molecule has 2 N–H and O–H groups in total. The highest BCUT2D eigenvalue weighted by atomic mass is 16.5. The van der Waals surface area contributed by atoms with Gasteiger partial charge in [-0.05, 0) is 51.2 Å². The van der Waals surface area contributed by atoms with E-state index >= 15 is 0 Å². The molecule has 0 bridgehead atoms. The monoisotopic (exact) mass is 556 g/mol. The quantitative estimate of drug-likeness (QED) is 0.0819. The summed E-state index contributed by atoms with van der Waals surface area (Å²) in [5, 5.41) is 18.7. The molecule has 0 fully saturated rings. The smallest absolute Gasteiger partial charge is 0.323 e. The molecule has 0 saturated carbocycles. The molecule has 0 aromatic rings. The zero-order valence-electron chi connectivity index (χ0n) is 25.6. The lowest BCUT2D eigenvalue weighted by molar-refractivity contribution is -0.155. The van der Waals surface area contributed by atoms with E-state index in [1.54, 1.807) is 4.90 Å². The molecule has 0 rings (SSSR count). The number of hydrogen-bond donors (Lipinski definition) is 2. The van der Waals surface area contributed by atoms with Crippen molar-refractivity contribution in [1.82, 2.24) is 9.80 Å². The molecule has 0 aliphatic heterocycles. The van der Waals surface area contributed by atoms with Crippen molar-refractivity contribution in [2.45, 2.75) is 136 Å². The summed E-state index contributed by atoms with van der Waals surface area (Å²) in [6.07, 6.45) is 15.2. The second kappa shape index (κ2) is 25.3. The van der Waals surface area contributed by atoms with Gasteiger partial charge >= 0.3 is 17.9 Å². The Morgan fingerprint density at radius 3 is 1.72 bits per heavy atom. The molecule has 230 valence electrons. The molecule has 39 heavy (non-hydrogen) atoms. The van der Waals surface area contributed by atoms with Gasteiger partial charge in [0.1, 0.15) is 6.04 Å². The van der Waals surface area contributed by atoms with E-state index in [9.17, 15) is 24.6 Å². The fraction of sp³-hybridized carbons (Fsp3) is 0.903. The minimum Gasteiger partial charge on any atom is -0.481 e. The van der Waals surface area contributed by atoms with Crippen LogP contribution in [-0.2, 0) is 19.1 Å². The van der Waals surface area contributed by atoms with E-state index in [0.717, 1.165) is 76.9 Å². The average Bonchev–Trinajstić information content (AvgIpc) is 2.88. The first-order valence-electron chi connectivity index (χ1n) is 15.8. The maximum atomic E-state index is 12.9. The number of rotatable bonds is 28. The van der Waals surface area contributed by atoms with Crippen LogP contribution in [0.1, 0.15) is 130 Å². The van der Waals surface area contributed by atoms with Crippen LogP contribution in [0.4, 0.5) is 0 Å². The van der Waals surface area contributed by atoms with E-state index in [2.05, 4.69) is 32.6 Å². The van der Waals surface area contributed by atoms with E-state index in [1.165, 1.54) is 38.5 Å². The van der Waals surface area contributed by atoms with E-state index in [-0.39, 0.29) is 26.0 Å². The highest BCUT2D eigenvalue weighted by Gasteiger charge is 2.30. The third-order valence-corrected chi connectivity index (χ3v) is 7.19. The van der Waals surface area contributed by atoms with Gasteiger partial charge in [0.25, 0.3) is 0 Å². The van der Waals surface area contributed by atoms with Crippen molar-refractivity contribution >= 4 is 17.9 Å². The number of carboxylic acids is 2. The Labute approximate surface area is 238 Å². The van der Waals surface area contributed by atoms with Crippen LogP contribution >= 0.6 is 0 Å². The van der Waals surface area contributed by atoms with Gasteiger partial charge < -0.3 is 19.8 Å². The van der Waals surface area contributed by atoms with Gasteiger partial charge in [-0.2, -0.15) is 0 Å². The summed E-state index contributed by atoms with van der Waals surface area (Å²) in [7, 11) is 0. The number of esters is 1. The standard InChI is InChI=1S/C31H60N2O6/c1-5-7-20-32(21-8-6-2)22-17-23-33(24-19-29(34)35)28(26-30(36)37)31(38)39-25-16-14-12-10-9-11-13-15-18-27(3)4/h27-28H,5-26H2,1-4H3,(H,34,35)(H,36,37). The number of hydrogen-bond acceptors (Lipinski definition) is 6. The van der Waals surface area contributed by atoms with Crippen LogP contribution in [0, 0.1) is 5.92 Å². The van der Waals surface area contributed by atoms with Crippen molar-refractivity contribution in [2.75, 3.05) is 39.3 Å². The number of ether oxygens (including phenoxy) is 1. The van der Waals surface area contributed by atoms with Crippen LogP contribution in [-0.4, -0.2) is 83.3 Å². The molecule has 0 aromatic heterocycles. The van der Waals surface area contributed by atoms with Crippen molar-refractivity contribution in [2.24, 2.45) is 5.92 Å². The Morgan fingerprint density at radius 1 is 0.667 bits per heavy atom. The number of carboxylic acid groups (broad SMARTS) is 2. The summed E-state index contributed by atoms with van der Waals surface area (Å²) >= 11 is 0. The summed E-state index contributed by atoms with van der Waals surface area (Å²) in [6, 6.07) is -0.965. The predicted octanol–water partition coefficient (Wildman–Crippen LogP) is 6.61. The van der Waals surface area contributed by atoms with E-state index in [4.69, 9.17) is 4.74 Å². The van der Waals surface area contributed by atoms with Gasteiger partial charge in [0, 0.05) is 13.1 Å². The van der Waals surface area contributed by atoms with Crippen molar-refractivity contribution in [3.8, 4) is 0 Å². The van der Waals surface area contributed by atoms with Crippen molar-refractivity contribution < 1.29 is 29.3 Å². The number of carbonyl (C=O) groups is 3. The molecule has 0 aliphatic carbocycles. The predicted molar refractivity (Wildman–Crippen MR) is 158 cm³/mol. The minimum absolute atomic E-state index is 0.128. The average molecular weight is 557 g/mol. The molecule has 0 aromatic carbocycles. The van der Waals surface area contributed by atoms with E-state index in [0.29, 0.717) is 6.54 Å². The highest BCUT2D eigenvalue weighted by molar-refractivity contribution is 5.82. The van der Waals surface area contributed by atoms with Gasteiger partial charge in [-0.3, -0.25) is 19.3 Å². The third-order valence-electron chi connectivity index (χ3n) is 7.19. The summed E-state index contributed by atoms with van der Waals surface area (Å²) in [6.45, 7) is 12.6. The normalized spacial score (nSPS) is 12.4. The van der Waals surface area contributed by atoms with Gasteiger partial charge in [-0.25, -0.2) is 0 Å². The topological polar surface area (TPSA) is 107 Å². The minimum atomic E-state index is -1.09. The van der Waals surface area contributed by atoms with E-state index < -0.39 is 23.9 Å². The van der Waals surface area contributed by atoms with Gasteiger partial charge in [0.2, 0.25) is 0 Å². The Hall–Kier alpha value is -1.67.